The summed E-state index contributed by atoms with van der Waals surface area (Å²) < 4.78 is 5.11. The highest BCUT2D eigenvalue weighted by molar-refractivity contribution is 6.08. The van der Waals surface area contributed by atoms with Gasteiger partial charge in [-0.2, -0.15) is 0 Å². The van der Waals surface area contributed by atoms with Gasteiger partial charge in [-0.05, 0) is 61.0 Å². The van der Waals surface area contributed by atoms with Gasteiger partial charge in [0.25, 0.3) is 5.91 Å². The maximum Gasteiger partial charge on any atom is 0.255 e. The number of aliphatic hydroxyl groups is 1. The molecule has 7 heteroatoms. The minimum absolute atomic E-state index is 0.0906. The lowest BCUT2D eigenvalue weighted by atomic mass is 10.1. The second-order valence-corrected chi connectivity index (χ2v) is 7.51. The molecular formula is C26H27N3O4. The van der Waals surface area contributed by atoms with Gasteiger partial charge in [0.15, 0.2) is 5.78 Å². The molecule has 0 aliphatic rings. The van der Waals surface area contributed by atoms with Crippen LogP contribution in [0.3, 0.4) is 0 Å². The van der Waals surface area contributed by atoms with Gasteiger partial charge in [0, 0.05) is 47.9 Å². The fourth-order valence-corrected chi connectivity index (χ4v) is 3.18. The van der Waals surface area contributed by atoms with E-state index >= 15 is 0 Å². The number of aromatic nitrogens is 1. The molecule has 2 N–H and O–H groups in total. The fourth-order valence-electron chi connectivity index (χ4n) is 3.18. The minimum Gasteiger partial charge on any atom is -0.481 e. The Kier molecular flexibility index (Phi) is 7.94. The highest BCUT2D eigenvalue weighted by atomic mass is 16.5. The zero-order valence-corrected chi connectivity index (χ0v) is 18.9. The van der Waals surface area contributed by atoms with Gasteiger partial charge in [-0.1, -0.05) is 18.2 Å². The van der Waals surface area contributed by atoms with Gasteiger partial charge in [-0.15, -0.1) is 0 Å². The first kappa shape index (κ1) is 23.7. The lowest BCUT2D eigenvalue weighted by Gasteiger charge is -2.17. The number of pyridine rings is 1. The number of rotatable bonds is 9. The number of hydrogen-bond donors (Lipinski definition) is 2. The van der Waals surface area contributed by atoms with E-state index < -0.39 is 0 Å². The summed E-state index contributed by atoms with van der Waals surface area (Å²) in [5, 5.41) is 11.8. The van der Waals surface area contributed by atoms with E-state index in [4.69, 9.17) is 9.84 Å². The summed E-state index contributed by atoms with van der Waals surface area (Å²) in [6, 6.07) is 17.7. The number of amides is 1. The molecule has 0 bridgehead atoms. The predicted octanol–water partition coefficient (Wildman–Crippen LogP) is 3.98. The number of aliphatic hydroxyl groups excluding tert-OH is 1. The molecule has 0 saturated heterocycles. The number of nitrogens with one attached hydrogen (secondary N) is 1. The van der Waals surface area contributed by atoms with E-state index in [-0.39, 0.29) is 18.3 Å². The molecular weight excluding hydrogens is 418 g/mol. The average Bonchev–Trinajstić information content (AvgIpc) is 2.83. The standard InChI is InChI=1S/C26H27N3O4/c1-18-16-21(17-25(27-18)33-3)26(32)28-22-9-7-20(8-10-22)24(31)13-6-19-4-11-23(12-5-19)29(2)14-15-30/h4-13,16-17,30H,14-15H2,1-3H3,(H,28,32)/b13-6+. The van der Waals surface area contributed by atoms with Crippen LogP contribution in [0.4, 0.5) is 11.4 Å². The Morgan fingerprint density at radius 1 is 1.06 bits per heavy atom. The minimum atomic E-state index is -0.286. The van der Waals surface area contributed by atoms with Crippen molar-refractivity contribution in [2.24, 2.45) is 0 Å². The zero-order chi connectivity index (χ0) is 23.8. The summed E-state index contributed by atoms with van der Waals surface area (Å²) in [5.74, 6) is -0.0469. The van der Waals surface area contributed by atoms with Gasteiger partial charge in [-0.3, -0.25) is 9.59 Å². The highest BCUT2D eigenvalue weighted by Crippen LogP contribution is 2.17. The molecule has 0 atom stereocenters. The van der Waals surface area contributed by atoms with Crippen LogP contribution in [-0.2, 0) is 0 Å². The number of anilines is 2. The first-order chi connectivity index (χ1) is 15.9. The highest BCUT2D eigenvalue weighted by Gasteiger charge is 2.10. The van der Waals surface area contributed by atoms with Crippen LogP contribution < -0.4 is 15.0 Å². The molecule has 3 aromatic rings. The Balaban J connectivity index is 1.62. The molecule has 0 radical (unpaired) electrons. The maximum atomic E-state index is 12.5. The number of carbonyl (C=O) groups is 2. The molecule has 0 saturated carbocycles. The number of methoxy groups -OCH3 is 1. The van der Waals surface area contributed by atoms with Crippen molar-refractivity contribution in [1.29, 1.82) is 0 Å². The molecule has 170 valence electrons. The Morgan fingerprint density at radius 2 is 1.76 bits per heavy atom. The summed E-state index contributed by atoms with van der Waals surface area (Å²) in [7, 11) is 3.41. The van der Waals surface area contributed by atoms with Crippen LogP contribution in [0.15, 0.2) is 66.7 Å². The molecule has 1 aromatic heterocycles. The van der Waals surface area contributed by atoms with Gasteiger partial charge in [0.2, 0.25) is 5.88 Å². The van der Waals surface area contributed by atoms with E-state index in [0.29, 0.717) is 34.9 Å². The van der Waals surface area contributed by atoms with E-state index in [1.807, 2.05) is 36.2 Å². The molecule has 3 rings (SSSR count). The van der Waals surface area contributed by atoms with Crippen LogP contribution in [0.25, 0.3) is 6.08 Å². The zero-order valence-electron chi connectivity index (χ0n) is 18.9. The van der Waals surface area contributed by atoms with E-state index in [2.05, 4.69) is 10.3 Å². The third-order valence-electron chi connectivity index (χ3n) is 5.02. The Bertz CT molecular complexity index is 1140. The van der Waals surface area contributed by atoms with Gasteiger partial charge in [0.05, 0.1) is 13.7 Å². The molecule has 0 aliphatic heterocycles. The average molecular weight is 446 g/mol. The number of benzene rings is 2. The number of carbonyl (C=O) groups excluding carboxylic acids is 2. The van der Waals surface area contributed by atoms with Crippen molar-refractivity contribution >= 4 is 29.1 Å². The van der Waals surface area contributed by atoms with Gasteiger partial charge in [0.1, 0.15) is 0 Å². The van der Waals surface area contributed by atoms with Crippen molar-refractivity contribution in [3.63, 3.8) is 0 Å². The quantitative estimate of drug-likeness (QED) is 0.382. The van der Waals surface area contributed by atoms with Crippen molar-refractivity contribution < 1.29 is 19.4 Å². The van der Waals surface area contributed by atoms with Crippen LogP contribution in [0.1, 0.15) is 32.0 Å². The van der Waals surface area contributed by atoms with Crippen LogP contribution >= 0.6 is 0 Å². The monoisotopic (exact) mass is 445 g/mol. The molecule has 2 aromatic carbocycles. The van der Waals surface area contributed by atoms with Gasteiger partial charge >= 0.3 is 0 Å². The predicted molar refractivity (Wildman–Crippen MR) is 130 cm³/mol. The van der Waals surface area contributed by atoms with Crippen LogP contribution in [-0.4, -0.2) is 49.1 Å². The first-order valence-corrected chi connectivity index (χ1v) is 10.5. The molecule has 1 amide bonds. The third-order valence-corrected chi connectivity index (χ3v) is 5.02. The Morgan fingerprint density at radius 3 is 2.39 bits per heavy atom. The van der Waals surface area contributed by atoms with Crippen LogP contribution in [0.2, 0.25) is 0 Å². The lowest BCUT2D eigenvalue weighted by Crippen LogP contribution is -2.20. The number of hydrogen-bond acceptors (Lipinski definition) is 6. The van der Waals surface area contributed by atoms with E-state index in [1.165, 1.54) is 13.2 Å². The fraction of sp³-hybridized carbons (Fsp3) is 0.192. The topological polar surface area (TPSA) is 91.8 Å². The Labute approximate surface area is 193 Å². The molecule has 0 unspecified atom stereocenters. The smallest absolute Gasteiger partial charge is 0.255 e. The number of aryl methyl sites for hydroxylation is 1. The number of allylic oxidation sites excluding steroid dienone is 1. The molecule has 7 nitrogen and oxygen atoms in total. The maximum absolute atomic E-state index is 12.5. The van der Waals surface area contributed by atoms with E-state index in [1.54, 1.807) is 49.4 Å². The second-order valence-electron chi connectivity index (χ2n) is 7.51. The largest absolute Gasteiger partial charge is 0.481 e. The summed E-state index contributed by atoms with van der Waals surface area (Å²) in [5.41, 5.74) is 4.11. The number of ketones is 1. The SMILES string of the molecule is COc1cc(C(=O)Nc2ccc(C(=O)/C=C/c3ccc(N(C)CCO)cc3)cc2)cc(C)n1. The Hall–Kier alpha value is -3.97. The lowest BCUT2D eigenvalue weighted by molar-refractivity contribution is 0.102. The van der Waals surface area contributed by atoms with Gasteiger partial charge in [-0.25, -0.2) is 4.98 Å². The number of nitrogens with zero attached hydrogens (tertiary/aromatic N) is 2. The van der Waals surface area contributed by atoms with Crippen molar-refractivity contribution in [1.82, 2.24) is 4.98 Å². The van der Waals surface area contributed by atoms with Crippen LogP contribution in [0.5, 0.6) is 5.88 Å². The summed E-state index contributed by atoms with van der Waals surface area (Å²) in [4.78, 5) is 31.2. The van der Waals surface area contributed by atoms with E-state index in [0.717, 1.165) is 11.3 Å². The number of ether oxygens (including phenoxy) is 1. The summed E-state index contributed by atoms with van der Waals surface area (Å²) in [6.07, 6.45) is 3.28. The van der Waals surface area contributed by atoms with E-state index in [9.17, 15) is 9.59 Å². The van der Waals surface area contributed by atoms with Crippen molar-refractivity contribution in [2.45, 2.75) is 6.92 Å². The van der Waals surface area contributed by atoms with Crippen LogP contribution in [0, 0.1) is 6.92 Å². The molecule has 33 heavy (non-hydrogen) atoms. The molecule has 0 spiro atoms. The summed E-state index contributed by atoms with van der Waals surface area (Å²) in [6.45, 7) is 2.44. The number of likely N-dealkylation sites (N-methyl/N-ethyl adjacent to an activating group) is 1. The molecule has 0 aliphatic carbocycles. The van der Waals surface area contributed by atoms with Crippen molar-refractivity contribution in [2.75, 3.05) is 37.5 Å². The van der Waals surface area contributed by atoms with Crippen molar-refractivity contribution in [3.05, 3.63) is 89.1 Å². The van der Waals surface area contributed by atoms with Gasteiger partial charge < -0.3 is 20.1 Å². The second kappa shape index (κ2) is 11.1. The summed E-state index contributed by atoms with van der Waals surface area (Å²) >= 11 is 0. The van der Waals surface area contributed by atoms with Crippen molar-refractivity contribution in [3.8, 4) is 5.88 Å². The normalized spacial score (nSPS) is 10.8. The molecule has 0 fully saturated rings. The first-order valence-electron chi connectivity index (χ1n) is 10.5. The molecule has 1 heterocycles. The third kappa shape index (κ3) is 6.51.